The van der Waals surface area contributed by atoms with Crippen LogP contribution in [0.2, 0.25) is 0 Å². The minimum absolute atomic E-state index is 0.0628. The average Bonchev–Trinajstić information content (AvgIpc) is 3.25. The Labute approximate surface area is 197 Å². The van der Waals surface area contributed by atoms with Gasteiger partial charge in [-0.1, -0.05) is 42.7 Å². The van der Waals surface area contributed by atoms with E-state index in [1.54, 1.807) is 23.7 Å². The summed E-state index contributed by atoms with van der Waals surface area (Å²) in [5.41, 5.74) is 1.72. The topological polar surface area (TPSA) is 79.5 Å². The van der Waals surface area contributed by atoms with Crippen LogP contribution in [-0.4, -0.2) is 62.8 Å². The third kappa shape index (κ3) is 4.98. The van der Waals surface area contributed by atoms with Crippen LogP contribution in [-0.2, 0) is 7.05 Å². The molecule has 1 saturated heterocycles. The van der Waals surface area contributed by atoms with Crippen LogP contribution in [0.25, 0.3) is 10.6 Å². The van der Waals surface area contributed by atoms with Crippen LogP contribution in [0, 0.1) is 0 Å². The van der Waals surface area contributed by atoms with Gasteiger partial charge in [0.05, 0.1) is 6.04 Å². The third-order valence-corrected chi connectivity index (χ3v) is 7.42. The van der Waals surface area contributed by atoms with Crippen molar-refractivity contribution < 1.29 is 4.79 Å². The lowest BCUT2D eigenvalue weighted by Gasteiger charge is -2.34. The van der Waals surface area contributed by atoms with Crippen molar-refractivity contribution in [2.45, 2.75) is 38.1 Å². The maximum Gasteiger partial charge on any atom is 0.253 e. The molecule has 5 rings (SSSR count). The Morgan fingerprint density at radius 2 is 1.70 bits per heavy atom. The Bertz CT molecular complexity index is 1140. The molecule has 0 spiro atoms. The molecule has 0 N–H and O–H groups in total. The molecule has 0 atom stereocenters. The smallest absolute Gasteiger partial charge is 0.253 e. The number of anilines is 1. The predicted octanol–water partition coefficient (Wildman–Crippen LogP) is 3.13. The van der Waals surface area contributed by atoms with E-state index in [1.165, 1.54) is 32.1 Å². The Morgan fingerprint density at radius 1 is 1.00 bits per heavy atom. The standard InChI is InChI=1S/C24H29N7OS/c1-29-24(27-20-6-3-2-4-7-20)33-21(28-29)18-8-10-19(11-9-18)22(32)30-14-16-31(17-15-30)23-25-12-5-13-26-23/h5,8-13,20H,2-4,6-7,14-17H2,1H3. The molecule has 1 aromatic carbocycles. The maximum atomic E-state index is 13.0. The highest BCUT2D eigenvalue weighted by Gasteiger charge is 2.23. The van der Waals surface area contributed by atoms with Gasteiger partial charge >= 0.3 is 0 Å². The van der Waals surface area contributed by atoms with Gasteiger partial charge in [-0.05, 0) is 31.0 Å². The largest absolute Gasteiger partial charge is 0.337 e. The second kappa shape index (κ2) is 9.82. The zero-order valence-corrected chi connectivity index (χ0v) is 19.7. The van der Waals surface area contributed by atoms with Gasteiger partial charge in [-0.15, -0.1) is 0 Å². The Kier molecular flexibility index (Phi) is 6.48. The van der Waals surface area contributed by atoms with Gasteiger partial charge in [0.2, 0.25) is 10.7 Å². The monoisotopic (exact) mass is 463 g/mol. The molecule has 8 nitrogen and oxygen atoms in total. The second-order valence-electron chi connectivity index (χ2n) is 8.64. The Morgan fingerprint density at radius 3 is 2.39 bits per heavy atom. The molecule has 3 heterocycles. The lowest BCUT2D eigenvalue weighted by atomic mass is 9.96. The zero-order chi connectivity index (χ0) is 22.6. The molecule has 172 valence electrons. The first kappa shape index (κ1) is 21.8. The fourth-order valence-electron chi connectivity index (χ4n) is 4.45. The summed E-state index contributed by atoms with van der Waals surface area (Å²) >= 11 is 1.62. The molecular formula is C24H29N7OS. The minimum atomic E-state index is 0.0628. The summed E-state index contributed by atoms with van der Waals surface area (Å²) in [5.74, 6) is 0.785. The minimum Gasteiger partial charge on any atom is -0.337 e. The number of hydrogen-bond acceptors (Lipinski definition) is 7. The number of hydrogen-bond donors (Lipinski definition) is 0. The van der Waals surface area contributed by atoms with Gasteiger partial charge in [-0.25, -0.2) is 14.6 Å². The van der Waals surface area contributed by atoms with Crippen molar-refractivity contribution in [1.82, 2.24) is 24.6 Å². The van der Waals surface area contributed by atoms with Gasteiger partial charge in [0.1, 0.15) is 5.01 Å². The van der Waals surface area contributed by atoms with E-state index in [0.29, 0.717) is 24.7 Å². The first-order chi connectivity index (χ1) is 16.2. The molecule has 3 aromatic rings. The van der Waals surface area contributed by atoms with Crippen molar-refractivity contribution in [3.05, 3.63) is 53.1 Å². The van der Waals surface area contributed by atoms with Gasteiger partial charge < -0.3 is 9.80 Å². The van der Waals surface area contributed by atoms with Gasteiger partial charge in [0.15, 0.2) is 0 Å². The van der Waals surface area contributed by atoms with E-state index in [4.69, 9.17) is 4.99 Å². The van der Waals surface area contributed by atoms with E-state index in [0.717, 1.165) is 34.4 Å². The summed E-state index contributed by atoms with van der Waals surface area (Å²) < 4.78 is 1.88. The van der Waals surface area contributed by atoms with Crippen LogP contribution in [0.3, 0.4) is 0 Å². The van der Waals surface area contributed by atoms with E-state index >= 15 is 0 Å². The molecule has 0 radical (unpaired) electrons. The van der Waals surface area contributed by atoms with E-state index in [9.17, 15) is 4.79 Å². The summed E-state index contributed by atoms with van der Waals surface area (Å²) in [6.45, 7) is 2.79. The highest BCUT2D eigenvalue weighted by atomic mass is 32.1. The van der Waals surface area contributed by atoms with Crippen molar-refractivity contribution in [2.75, 3.05) is 31.1 Å². The number of piperazine rings is 1. The highest BCUT2D eigenvalue weighted by molar-refractivity contribution is 7.12. The molecule has 0 bridgehead atoms. The molecule has 1 aliphatic heterocycles. The van der Waals surface area contributed by atoms with Crippen LogP contribution in [0.15, 0.2) is 47.7 Å². The Balaban J connectivity index is 1.24. The molecular weight excluding hydrogens is 434 g/mol. The SMILES string of the molecule is Cn1nc(-c2ccc(C(=O)N3CCN(c4ncccn4)CC3)cc2)sc1=NC1CCCCC1. The van der Waals surface area contributed by atoms with Crippen LogP contribution in [0.1, 0.15) is 42.5 Å². The van der Waals surface area contributed by atoms with Crippen molar-refractivity contribution >= 4 is 23.2 Å². The maximum absolute atomic E-state index is 13.0. The normalized spacial score (nSPS) is 18.0. The van der Waals surface area contributed by atoms with E-state index in [-0.39, 0.29) is 5.91 Å². The molecule has 0 unspecified atom stereocenters. The summed E-state index contributed by atoms with van der Waals surface area (Å²) in [5, 5.41) is 5.61. The summed E-state index contributed by atoms with van der Waals surface area (Å²) in [6.07, 6.45) is 9.72. The summed E-state index contributed by atoms with van der Waals surface area (Å²) in [4.78, 5) is 31.6. The van der Waals surface area contributed by atoms with Gasteiger partial charge in [0.25, 0.3) is 5.91 Å². The molecule has 1 aliphatic carbocycles. The molecule has 9 heteroatoms. The number of aryl methyl sites for hydroxylation is 1. The number of nitrogens with zero attached hydrogens (tertiary/aromatic N) is 7. The van der Waals surface area contributed by atoms with Crippen LogP contribution in [0.4, 0.5) is 5.95 Å². The van der Waals surface area contributed by atoms with E-state index in [2.05, 4.69) is 20.0 Å². The fourth-order valence-corrected chi connectivity index (χ4v) is 5.41. The third-order valence-electron chi connectivity index (χ3n) is 6.35. The predicted molar refractivity (Wildman–Crippen MR) is 129 cm³/mol. The number of amides is 1. The average molecular weight is 464 g/mol. The molecule has 1 amide bonds. The lowest BCUT2D eigenvalue weighted by molar-refractivity contribution is 0.0746. The van der Waals surface area contributed by atoms with Gasteiger partial charge in [-0.3, -0.25) is 9.79 Å². The first-order valence-electron chi connectivity index (χ1n) is 11.7. The van der Waals surface area contributed by atoms with Crippen molar-refractivity contribution in [3.63, 3.8) is 0 Å². The van der Waals surface area contributed by atoms with E-state index < -0.39 is 0 Å². The second-order valence-corrected chi connectivity index (χ2v) is 9.60. The lowest BCUT2D eigenvalue weighted by Crippen LogP contribution is -2.49. The molecule has 2 aliphatic rings. The Hall–Kier alpha value is -3.07. The van der Waals surface area contributed by atoms with Gasteiger partial charge in [-0.2, -0.15) is 5.10 Å². The van der Waals surface area contributed by atoms with Crippen LogP contribution >= 0.6 is 11.3 Å². The fraction of sp³-hybridized carbons (Fsp3) is 0.458. The molecule has 33 heavy (non-hydrogen) atoms. The number of aromatic nitrogens is 4. The number of benzene rings is 1. The molecule has 2 fully saturated rings. The van der Waals surface area contributed by atoms with Crippen LogP contribution in [0.5, 0.6) is 0 Å². The number of carbonyl (C=O) groups is 1. The summed E-state index contributed by atoms with van der Waals surface area (Å²) in [6, 6.07) is 10.0. The number of rotatable bonds is 4. The highest BCUT2D eigenvalue weighted by Crippen LogP contribution is 2.23. The van der Waals surface area contributed by atoms with Gasteiger partial charge in [0, 0.05) is 56.7 Å². The van der Waals surface area contributed by atoms with Crippen molar-refractivity contribution in [2.24, 2.45) is 12.0 Å². The van der Waals surface area contributed by atoms with E-state index in [1.807, 2.05) is 47.0 Å². The molecule has 2 aromatic heterocycles. The zero-order valence-electron chi connectivity index (χ0n) is 18.9. The quantitative estimate of drug-likeness (QED) is 0.594. The van der Waals surface area contributed by atoms with Crippen molar-refractivity contribution in [3.8, 4) is 10.6 Å². The molecule has 1 saturated carbocycles. The first-order valence-corrected chi connectivity index (χ1v) is 12.5. The summed E-state index contributed by atoms with van der Waals surface area (Å²) in [7, 11) is 1.96. The number of carbonyl (C=O) groups excluding carboxylic acids is 1. The van der Waals surface area contributed by atoms with Crippen LogP contribution < -0.4 is 9.70 Å². The van der Waals surface area contributed by atoms with Crippen molar-refractivity contribution in [1.29, 1.82) is 0 Å².